The highest BCUT2D eigenvalue weighted by Gasteiger charge is 2.20. The Morgan fingerprint density at radius 1 is 1.08 bits per heavy atom. The molecule has 26 heavy (non-hydrogen) atoms. The van der Waals surface area contributed by atoms with E-state index in [1.807, 2.05) is 30.3 Å². The maximum atomic E-state index is 12.3. The molecule has 1 atom stereocenters. The van der Waals surface area contributed by atoms with Gasteiger partial charge in [-0.3, -0.25) is 14.5 Å². The number of rotatable bonds is 7. The third-order valence-corrected chi connectivity index (χ3v) is 4.69. The summed E-state index contributed by atoms with van der Waals surface area (Å²) < 4.78 is 0. The van der Waals surface area contributed by atoms with Crippen molar-refractivity contribution in [1.29, 1.82) is 0 Å². The van der Waals surface area contributed by atoms with E-state index in [0.29, 0.717) is 22.3 Å². The standard InChI is InChI=1S/C19H21Cl2N3O2/c1-13(19(26)22-11-14-6-4-3-5-7-14)24(2)12-18(25)23-15-8-9-16(20)17(21)10-15/h3-10,13H,11-12H2,1-2H3,(H,22,26)(H,23,25). The van der Waals surface area contributed by atoms with Gasteiger partial charge in [-0.2, -0.15) is 0 Å². The van der Waals surface area contributed by atoms with Gasteiger partial charge in [-0.25, -0.2) is 0 Å². The molecule has 138 valence electrons. The molecule has 5 nitrogen and oxygen atoms in total. The number of anilines is 1. The fourth-order valence-corrected chi connectivity index (χ4v) is 2.57. The summed E-state index contributed by atoms with van der Waals surface area (Å²) in [6.45, 7) is 2.28. The van der Waals surface area contributed by atoms with Crippen molar-refractivity contribution in [2.75, 3.05) is 18.9 Å². The largest absolute Gasteiger partial charge is 0.351 e. The Balaban J connectivity index is 1.83. The van der Waals surface area contributed by atoms with Crippen LogP contribution in [0.2, 0.25) is 10.0 Å². The molecule has 2 aromatic rings. The van der Waals surface area contributed by atoms with Crippen LogP contribution in [0.1, 0.15) is 12.5 Å². The molecule has 2 aromatic carbocycles. The molecule has 0 aromatic heterocycles. The fraction of sp³-hybridized carbons (Fsp3) is 0.263. The van der Waals surface area contributed by atoms with Gasteiger partial charge < -0.3 is 10.6 Å². The first-order valence-electron chi connectivity index (χ1n) is 8.13. The lowest BCUT2D eigenvalue weighted by Crippen LogP contribution is -2.45. The average molecular weight is 394 g/mol. The summed E-state index contributed by atoms with van der Waals surface area (Å²) >= 11 is 11.8. The molecule has 0 fully saturated rings. The van der Waals surface area contributed by atoms with Gasteiger partial charge in [0.05, 0.1) is 22.6 Å². The van der Waals surface area contributed by atoms with Crippen molar-refractivity contribution in [1.82, 2.24) is 10.2 Å². The lowest BCUT2D eigenvalue weighted by molar-refractivity contribution is -0.126. The van der Waals surface area contributed by atoms with Gasteiger partial charge in [0, 0.05) is 12.2 Å². The Morgan fingerprint density at radius 3 is 2.42 bits per heavy atom. The molecule has 0 bridgehead atoms. The van der Waals surface area contributed by atoms with Crippen LogP contribution in [0.15, 0.2) is 48.5 Å². The molecule has 0 spiro atoms. The molecule has 2 rings (SSSR count). The van der Waals surface area contributed by atoms with Gasteiger partial charge in [0.1, 0.15) is 0 Å². The highest BCUT2D eigenvalue weighted by Crippen LogP contribution is 2.24. The fourth-order valence-electron chi connectivity index (χ4n) is 2.27. The van der Waals surface area contributed by atoms with Crippen molar-refractivity contribution in [3.05, 3.63) is 64.1 Å². The van der Waals surface area contributed by atoms with Crippen LogP contribution in [0, 0.1) is 0 Å². The van der Waals surface area contributed by atoms with Crippen LogP contribution >= 0.6 is 23.2 Å². The summed E-state index contributed by atoms with van der Waals surface area (Å²) in [7, 11) is 1.72. The second-order valence-electron chi connectivity index (χ2n) is 5.97. The third kappa shape index (κ3) is 6.02. The number of carbonyl (C=O) groups excluding carboxylic acids is 2. The zero-order valence-electron chi connectivity index (χ0n) is 14.6. The van der Waals surface area contributed by atoms with Crippen LogP contribution in [0.3, 0.4) is 0 Å². The van der Waals surface area contributed by atoms with E-state index in [0.717, 1.165) is 5.56 Å². The summed E-state index contributed by atoms with van der Waals surface area (Å²) in [6, 6.07) is 14.1. The van der Waals surface area contributed by atoms with Gasteiger partial charge in [-0.05, 0) is 37.7 Å². The summed E-state index contributed by atoms with van der Waals surface area (Å²) in [5, 5.41) is 6.40. The van der Waals surface area contributed by atoms with Crippen LogP contribution in [-0.4, -0.2) is 36.3 Å². The second-order valence-corrected chi connectivity index (χ2v) is 6.79. The highest BCUT2D eigenvalue weighted by molar-refractivity contribution is 6.42. The molecule has 0 aliphatic carbocycles. The predicted molar refractivity (Wildman–Crippen MR) is 105 cm³/mol. The number of hydrogen-bond donors (Lipinski definition) is 2. The molecule has 0 aliphatic heterocycles. The van der Waals surface area contributed by atoms with E-state index >= 15 is 0 Å². The molecule has 0 heterocycles. The van der Waals surface area contributed by atoms with E-state index in [2.05, 4.69) is 10.6 Å². The van der Waals surface area contributed by atoms with Gasteiger partial charge in [0.15, 0.2) is 0 Å². The third-order valence-electron chi connectivity index (χ3n) is 3.95. The molecule has 0 saturated carbocycles. The summed E-state index contributed by atoms with van der Waals surface area (Å²) in [4.78, 5) is 26.1. The first kappa shape index (κ1) is 20.2. The van der Waals surface area contributed by atoms with Crippen molar-refractivity contribution in [3.63, 3.8) is 0 Å². The summed E-state index contributed by atoms with van der Waals surface area (Å²) in [6.07, 6.45) is 0. The highest BCUT2D eigenvalue weighted by atomic mass is 35.5. The number of likely N-dealkylation sites (N-methyl/N-ethyl adjacent to an activating group) is 1. The molecule has 0 aliphatic rings. The van der Waals surface area contributed by atoms with E-state index in [1.54, 1.807) is 37.1 Å². The minimum absolute atomic E-state index is 0.0696. The first-order chi connectivity index (χ1) is 12.4. The van der Waals surface area contributed by atoms with Crippen LogP contribution in [0.5, 0.6) is 0 Å². The number of hydrogen-bond acceptors (Lipinski definition) is 3. The lowest BCUT2D eigenvalue weighted by atomic mass is 10.2. The summed E-state index contributed by atoms with van der Waals surface area (Å²) in [5.41, 5.74) is 1.58. The van der Waals surface area contributed by atoms with E-state index in [9.17, 15) is 9.59 Å². The van der Waals surface area contributed by atoms with Crippen molar-refractivity contribution >= 4 is 40.7 Å². The number of halogens is 2. The Kier molecular flexibility index (Phi) is 7.45. The Morgan fingerprint density at radius 2 is 1.77 bits per heavy atom. The zero-order valence-corrected chi connectivity index (χ0v) is 16.1. The zero-order chi connectivity index (χ0) is 19.1. The summed E-state index contributed by atoms with van der Waals surface area (Å²) in [5.74, 6) is -0.382. The monoisotopic (exact) mass is 393 g/mol. The van der Waals surface area contributed by atoms with E-state index in [4.69, 9.17) is 23.2 Å². The molecule has 0 saturated heterocycles. The lowest BCUT2D eigenvalue weighted by Gasteiger charge is -2.23. The maximum absolute atomic E-state index is 12.3. The smallest absolute Gasteiger partial charge is 0.238 e. The quantitative estimate of drug-likeness (QED) is 0.755. The Bertz CT molecular complexity index is 769. The number of nitrogens with one attached hydrogen (secondary N) is 2. The average Bonchev–Trinajstić information content (AvgIpc) is 2.62. The second kappa shape index (κ2) is 9.57. The van der Waals surface area contributed by atoms with Gasteiger partial charge in [-0.1, -0.05) is 53.5 Å². The number of carbonyl (C=O) groups is 2. The minimum atomic E-state index is -0.446. The van der Waals surface area contributed by atoms with E-state index in [1.165, 1.54) is 0 Å². The number of benzene rings is 2. The molecular weight excluding hydrogens is 373 g/mol. The normalized spacial score (nSPS) is 11.9. The molecule has 2 N–H and O–H groups in total. The topological polar surface area (TPSA) is 61.4 Å². The van der Waals surface area contributed by atoms with Crippen LogP contribution in [0.4, 0.5) is 5.69 Å². The van der Waals surface area contributed by atoms with Crippen molar-refractivity contribution in [3.8, 4) is 0 Å². The van der Waals surface area contributed by atoms with Crippen LogP contribution in [-0.2, 0) is 16.1 Å². The van der Waals surface area contributed by atoms with Crippen LogP contribution in [0.25, 0.3) is 0 Å². The number of amides is 2. The van der Waals surface area contributed by atoms with E-state index in [-0.39, 0.29) is 18.4 Å². The van der Waals surface area contributed by atoms with Gasteiger partial charge in [0.25, 0.3) is 0 Å². The van der Waals surface area contributed by atoms with Crippen molar-refractivity contribution in [2.24, 2.45) is 0 Å². The Labute approximate surface area is 163 Å². The minimum Gasteiger partial charge on any atom is -0.351 e. The van der Waals surface area contributed by atoms with Gasteiger partial charge in [-0.15, -0.1) is 0 Å². The number of nitrogens with zero attached hydrogens (tertiary/aromatic N) is 1. The van der Waals surface area contributed by atoms with Gasteiger partial charge >= 0.3 is 0 Å². The maximum Gasteiger partial charge on any atom is 0.238 e. The van der Waals surface area contributed by atoms with Crippen LogP contribution < -0.4 is 10.6 Å². The molecule has 1 unspecified atom stereocenters. The van der Waals surface area contributed by atoms with Gasteiger partial charge in [0.2, 0.25) is 11.8 Å². The molecule has 2 amide bonds. The van der Waals surface area contributed by atoms with Crippen molar-refractivity contribution < 1.29 is 9.59 Å². The molecular formula is C19H21Cl2N3O2. The molecule has 0 radical (unpaired) electrons. The Hall–Kier alpha value is -2.08. The van der Waals surface area contributed by atoms with E-state index < -0.39 is 6.04 Å². The first-order valence-corrected chi connectivity index (χ1v) is 8.89. The molecule has 7 heteroatoms. The SMILES string of the molecule is CC(C(=O)NCc1ccccc1)N(C)CC(=O)Nc1ccc(Cl)c(Cl)c1. The van der Waals surface area contributed by atoms with Crippen molar-refractivity contribution in [2.45, 2.75) is 19.5 Å². The predicted octanol–water partition coefficient (Wildman–Crippen LogP) is 3.57.